The molecule has 0 spiro atoms. The maximum Gasteiger partial charge on any atom is 0.305 e. The molecule has 0 radical (unpaired) electrons. The van der Waals surface area contributed by atoms with Gasteiger partial charge in [-0.3, -0.25) is 20.4 Å². The second-order valence-corrected chi connectivity index (χ2v) is 6.56. The van der Waals surface area contributed by atoms with E-state index < -0.39 is 5.91 Å². The average molecular weight is 338 g/mol. The normalized spacial score (nSPS) is 12.2. The number of hydrogen-bond acceptors (Lipinski definition) is 4. The number of carbonyl (C=O) groups is 2. The van der Waals surface area contributed by atoms with Crippen LogP contribution in [0.5, 0.6) is 0 Å². The van der Waals surface area contributed by atoms with E-state index in [1.54, 1.807) is 6.07 Å². The zero-order valence-electron chi connectivity index (χ0n) is 12.7. The van der Waals surface area contributed by atoms with Crippen LogP contribution in [0.3, 0.4) is 0 Å². The van der Waals surface area contributed by atoms with Crippen LogP contribution in [0.2, 0.25) is 0 Å². The second kappa shape index (κ2) is 5.98. The first kappa shape index (κ1) is 14.7. The largest absolute Gasteiger partial charge is 0.459 e. The van der Waals surface area contributed by atoms with E-state index in [9.17, 15) is 9.59 Å². The molecule has 0 saturated heterocycles. The lowest BCUT2D eigenvalue weighted by Gasteiger charge is -2.15. The van der Waals surface area contributed by atoms with E-state index in [-0.39, 0.29) is 11.7 Å². The lowest BCUT2D eigenvalue weighted by Crippen LogP contribution is -2.41. The molecular weight excluding hydrogens is 324 g/mol. The average Bonchev–Trinajstić information content (AvgIpc) is 3.28. The summed E-state index contributed by atoms with van der Waals surface area (Å²) < 4.78 is 4.98. The van der Waals surface area contributed by atoms with Crippen molar-refractivity contribution >= 4 is 23.2 Å². The fraction of sp³-hybridized carbons (Fsp3) is 0.111. The first-order valence-corrected chi connectivity index (χ1v) is 8.39. The van der Waals surface area contributed by atoms with Gasteiger partial charge >= 0.3 is 5.91 Å². The molecule has 1 aromatic carbocycles. The number of hydrazine groups is 1. The predicted octanol–water partition coefficient (Wildman–Crippen LogP) is 3.18. The van der Waals surface area contributed by atoms with Gasteiger partial charge in [0.25, 0.3) is 5.91 Å². The number of furan rings is 1. The zero-order valence-corrected chi connectivity index (χ0v) is 13.5. The van der Waals surface area contributed by atoms with E-state index >= 15 is 0 Å². The van der Waals surface area contributed by atoms with Crippen molar-refractivity contribution < 1.29 is 14.0 Å². The van der Waals surface area contributed by atoms with Gasteiger partial charge in [0.05, 0.1) is 11.1 Å². The maximum absolute atomic E-state index is 12.3. The minimum absolute atomic E-state index is 0.148. The van der Waals surface area contributed by atoms with Crippen molar-refractivity contribution in [1.29, 1.82) is 0 Å². The van der Waals surface area contributed by atoms with Gasteiger partial charge in [-0.05, 0) is 47.7 Å². The SMILES string of the molecule is O=C(NNC(=O)c1cc2c(s1)-c1ccccc1CC2)c1ccco1. The van der Waals surface area contributed by atoms with Crippen LogP contribution in [-0.4, -0.2) is 11.8 Å². The quantitative estimate of drug-likeness (QED) is 0.705. The van der Waals surface area contributed by atoms with Gasteiger partial charge in [0.2, 0.25) is 0 Å². The molecule has 2 heterocycles. The molecule has 0 fully saturated rings. The molecule has 0 aliphatic heterocycles. The van der Waals surface area contributed by atoms with Crippen LogP contribution in [0.25, 0.3) is 10.4 Å². The summed E-state index contributed by atoms with van der Waals surface area (Å²) in [6.45, 7) is 0. The number of nitrogens with one attached hydrogen (secondary N) is 2. The molecule has 2 N–H and O–H groups in total. The topological polar surface area (TPSA) is 71.3 Å². The predicted molar refractivity (Wildman–Crippen MR) is 90.8 cm³/mol. The molecule has 1 aliphatic carbocycles. The summed E-state index contributed by atoms with van der Waals surface area (Å²) in [6, 6.07) is 13.3. The van der Waals surface area contributed by atoms with Crippen LogP contribution in [-0.2, 0) is 12.8 Å². The summed E-state index contributed by atoms with van der Waals surface area (Å²) in [5.41, 5.74) is 8.48. The molecule has 4 rings (SSSR count). The van der Waals surface area contributed by atoms with E-state index in [2.05, 4.69) is 23.0 Å². The Balaban J connectivity index is 1.51. The van der Waals surface area contributed by atoms with Crippen LogP contribution >= 0.6 is 11.3 Å². The molecule has 0 saturated carbocycles. The maximum atomic E-state index is 12.3. The van der Waals surface area contributed by atoms with Crippen molar-refractivity contribution in [3.63, 3.8) is 0 Å². The first-order chi connectivity index (χ1) is 11.7. The monoisotopic (exact) mass is 338 g/mol. The van der Waals surface area contributed by atoms with Crippen molar-refractivity contribution in [2.75, 3.05) is 0 Å². The molecule has 5 nitrogen and oxygen atoms in total. The van der Waals surface area contributed by atoms with Crippen LogP contribution in [0, 0.1) is 0 Å². The second-order valence-electron chi connectivity index (χ2n) is 5.51. The summed E-state index contributed by atoms with van der Waals surface area (Å²) in [4.78, 5) is 25.8. The summed E-state index contributed by atoms with van der Waals surface area (Å²) in [7, 11) is 0. The Hall–Kier alpha value is -2.86. The van der Waals surface area contributed by atoms with E-state index in [4.69, 9.17) is 4.42 Å². The molecule has 3 aromatic rings. The summed E-state index contributed by atoms with van der Waals surface area (Å²) in [5, 5.41) is 0. The highest BCUT2D eigenvalue weighted by molar-refractivity contribution is 7.17. The van der Waals surface area contributed by atoms with Gasteiger partial charge in [0.15, 0.2) is 5.76 Å². The van der Waals surface area contributed by atoms with E-state index in [0.717, 1.165) is 17.7 Å². The molecule has 120 valence electrons. The van der Waals surface area contributed by atoms with Gasteiger partial charge in [-0.1, -0.05) is 24.3 Å². The first-order valence-electron chi connectivity index (χ1n) is 7.57. The van der Waals surface area contributed by atoms with Gasteiger partial charge in [-0.2, -0.15) is 0 Å². The van der Waals surface area contributed by atoms with Crippen molar-refractivity contribution in [3.8, 4) is 10.4 Å². The molecule has 24 heavy (non-hydrogen) atoms. The Morgan fingerprint density at radius 1 is 0.958 bits per heavy atom. The number of hydrogen-bond donors (Lipinski definition) is 2. The minimum atomic E-state index is -0.486. The lowest BCUT2D eigenvalue weighted by molar-refractivity contribution is 0.0833. The third kappa shape index (κ3) is 2.61. The summed E-state index contributed by atoms with van der Waals surface area (Å²) >= 11 is 1.45. The summed E-state index contributed by atoms with van der Waals surface area (Å²) in [6.07, 6.45) is 3.31. The fourth-order valence-corrected chi connectivity index (χ4v) is 3.99. The van der Waals surface area contributed by atoms with Gasteiger partial charge in [-0.25, -0.2) is 0 Å². The van der Waals surface area contributed by atoms with Crippen molar-refractivity contribution in [2.45, 2.75) is 12.8 Å². The van der Waals surface area contributed by atoms with Gasteiger partial charge in [0, 0.05) is 4.88 Å². The van der Waals surface area contributed by atoms with Gasteiger partial charge < -0.3 is 4.42 Å². The molecule has 0 bridgehead atoms. The van der Waals surface area contributed by atoms with Crippen LogP contribution in [0.1, 0.15) is 31.4 Å². The molecule has 6 heteroatoms. The Bertz CT molecular complexity index is 912. The highest BCUT2D eigenvalue weighted by atomic mass is 32.1. The molecule has 2 aromatic heterocycles. The number of aryl methyl sites for hydroxylation is 2. The lowest BCUT2D eigenvalue weighted by atomic mass is 9.91. The number of amides is 2. The van der Waals surface area contributed by atoms with E-state index in [0.29, 0.717) is 4.88 Å². The van der Waals surface area contributed by atoms with Crippen LogP contribution in [0.4, 0.5) is 0 Å². The fourth-order valence-electron chi connectivity index (χ4n) is 2.83. The Morgan fingerprint density at radius 2 is 1.75 bits per heavy atom. The standard InChI is InChI=1S/C18H14N2O3S/c21-17(14-6-3-9-23-14)19-20-18(22)15-10-12-8-7-11-4-1-2-5-13(11)16(12)24-15/h1-6,9-10H,7-8H2,(H,19,21)(H,20,22). The third-order valence-corrected chi connectivity index (χ3v) is 5.20. The number of thiophene rings is 1. The molecule has 0 atom stereocenters. The highest BCUT2D eigenvalue weighted by Crippen LogP contribution is 2.39. The smallest absolute Gasteiger partial charge is 0.305 e. The Labute approximate surface area is 142 Å². The molecular formula is C18H14N2O3S. The van der Waals surface area contributed by atoms with E-state index in [1.807, 2.05) is 18.2 Å². The van der Waals surface area contributed by atoms with Gasteiger partial charge in [-0.15, -0.1) is 11.3 Å². The van der Waals surface area contributed by atoms with Crippen LogP contribution < -0.4 is 10.9 Å². The zero-order chi connectivity index (χ0) is 16.5. The molecule has 2 amide bonds. The molecule has 0 unspecified atom stereocenters. The number of fused-ring (bicyclic) bond motifs is 3. The van der Waals surface area contributed by atoms with E-state index in [1.165, 1.54) is 40.4 Å². The highest BCUT2D eigenvalue weighted by Gasteiger charge is 2.21. The number of benzene rings is 1. The minimum Gasteiger partial charge on any atom is -0.459 e. The van der Waals surface area contributed by atoms with Crippen molar-refractivity contribution in [1.82, 2.24) is 10.9 Å². The van der Waals surface area contributed by atoms with Crippen molar-refractivity contribution in [2.24, 2.45) is 0 Å². The van der Waals surface area contributed by atoms with Gasteiger partial charge in [0.1, 0.15) is 0 Å². The Morgan fingerprint density at radius 3 is 2.58 bits per heavy atom. The Kier molecular flexibility index (Phi) is 3.66. The van der Waals surface area contributed by atoms with Crippen LogP contribution in [0.15, 0.2) is 53.1 Å². The summed E-state index contributed by atoms with van der Waals surface area (Å²) in [5.74, 6) is -0.665. The van der Waals surface area contributed by atoms with Crippen molar-refractivity contribution in [3.05, 3.63) is 70.5 Å². The third-order valence-electron chi connectivity index (χ3n) is 3.99. The number of carbonyl (C=O) groups excluding carboxylic acids is 2. The molecule has 1 aliphatic rings. The number of rotatable bonds is 2.